The van der Waals surface area contributed by atoms with Gasteiger partial charge >= 0.3 is 0 Å². The molecular formula is C21H23FN2O4S2. The number of hydrogen-bond acceptors (Lipinski definition) is 5. The smallest absolute Gasteiger partial charge is 0.243 e. The Balaban J connectivity index is 1.57. The van der Waals surface area contributed by atoms with Gasteiger partial charge in [-0.05, 0) is 56.2 Å². The van der Waals surface area contributed by atoms with Crippen molar-refractivity contribution in [1.82, 2.24) is 4.31 Å². The van der Waals surface area contributed by atoms with E-state index in [-0.39, 0.29) is 32.8 Å². The standard InChI is InChI=1S/C21H23FN2O4S2/c1-15(25)16-5-10-20(19(22)13-16)29-14-21(26)23-17-6-8-18(9-7-17)30(27,28)24-11-3-2-4-12-24/h5-10,13H,2-4,11-12,14H2,1H3,(H,23,26). The molecule has 1 amide bonds. The Bertz CT molecular complexity index is 1030. The summed E-state index contributed by atoms with van der Waals surface area (Å²) in [5.74, 6) is -1.15. The number of hydrogen-bond donors (Lipinski definition) is 1. The topological polar surface area (TPSA) is 83.5 Å². The molecule has 0 aromatic heterocycles. The zero-order valence-corrected chi connectivity index (χ0v) is 18.2. The maximum Gasteiger partial charge on any atom is 0.243 e. The van der Waals surface area contributed by atoms with E-state index >= 15 is 0 Å². The average Bonchev–Trinajstić information content (AvgIpc) is 2.73. The number of anilines is 1. The van der Waals surface area contributed by atoms with Gasteiger partial charge in [-0.2, -0.15) is 4.31 Å². The number of piperidine rings is 1. The first kappa shape index (κ1) is 22.5. The van der Waals surface area contributed by atoms with Gasteiger partial charge in [-0.1, -0.05) is 12.5 Å². The number of carbonyl (C=O) groups is 2. The van der Waals surface area contributed by atoms with Crippen molar-refractivity contribution in [2.75, 3.05) is 24.2 Å². The number of halogens is 1. The van der Waals surface area contributed by atoms with Crippen molar-refractivity contribution in [3.05, 3.63) is 53.8 Å². The summed E-state index contributed by atoms with van der Waals surface area (Å²) < 4.78 is 40.8. The summed E-state index contributed by atoms with van der Waals surface area (Å²) in [6, 6.07) is 10.2. The predicted octanol–water partition coefficient (Wildman–Crippen LogP) is 3.93. The minimum absolute atomic E-state index is 0.0236. The molecule has 1 N–H and O–H groups in total. The fourth-order valence-corrected chi connectivity index (χ4v) is 5.38. The highest BCUT2D eigenvalue weighted by Gasteiger charge is 2.25. The van der Waals surface area contributed by atoms with Gasteiger partial charge in [0.25, 0.3) is 0 Å². The quantitative estimate of drug-likeness (QED) is 0.510. The third kappa shape index (κ3) is 5.47. The first-order chi connectivity index (χ1) is 14.3. The van der Waals surface area contributed by atoms with Crippen LogP contribution in [0.3, 0.4) is 0 Å². The molecule has 6 nitrogen and oxygen atoms in total. The predicted molar refractivity (Wildman–Crippen MR) is 115 cm³/mol. The summed E-state index contributed by atoms with van der Waals surface area (Å²) in [7, 11) is -3.52. The molecule has 160 valence electrons. The molecule has 9 heteroatoms. The van der Waals surface area contributed by atoms with Crippen LogP contribution in [0.2, 0.25) is 0 Å². The molecule has 2 aromatic carbocycles. The number of thioether (sulfide) groups is 1. The van der Waals surface area contributed by atoms with Crippen molar-refractivity contribution in [2.45, 2.75) is 36.0 Å². The van der Waals surface area contributed by atoms with Crippen LogP contribution < -0.4 is 5.32 Å². The van der Waals surface area contributed by atoms with Crippen LogP contribution in [0.25, 0.3) is 0 Å². The van der Waals surface area contributed by atoms with Gasteiger partial charge in [0.1, 0.15) is 5.82 Å². The number of nitrogens with zero attached hydrogens (tertiary/aromatic N) is 1. The van der Waals surface area contributed by atoms with E-state index in [2.05, 4.69) is 5.32 Å². The number of rotatable bonds is 7. The molecule has 3 rings (SSSR count). The second kappa shape index (κ2) is 9.72. The van der Waals surface area contributed by atoms with Crippen molar-refractivity contribution >= 4 is 39.2 Å². The Kier molecular flexibility index (Phi) is 7.27. The molecule has 0 unspecified atom stereocenters. The minimum Gasteiger partial charge on any atom is -0.325 e. The molecule has 0 atom stereocenters. The first-order valence-corrected chi connectivity index (χ1v) is 12.0. The molecule has 0 aliphatic carbocycles. The van der Waals surface area contributed by atoms with E-state index < -0.39 is 15.8 Å². The molecule has 30 heavy (non-hydrogen) atoms. The Hall–Kier alpha value is -2.23. The fraction of sp³-hybridized carbons (Fsp3) is 0.333. The van der Waals surface area contributed by atoms with E-state index in [1.54, 1.807) is 12.1 Å². The van der Waals surface area contributed by atoms with Crippen molar-refractivity contribution in [1.29, 1.82) is 0 Å². The summed E-state index contributed by atoms with van der Waals surface area (Å²) >= 11 is 1.02. The summed E-state index contributed by atoms with van der Waals surface area (Å²) in [5.41, 5.74) is 0.742. The van der Waals surface area contributed by atoms with Gasteiger partial charge in [0.15, 0.2) is 5.78 Å². The number of ketones is 1. The lowest BCUT2D eigenvalue weighted by molar-refractivity contribution is -0.113. The lowest BCUT2D eigenvalue weighted by Crippen LogP contribution is -2.35. The molecule has 0 radical (unpaired) electrons. The van der Waals surface area contributed by atoms with Crippen LogP contribution in [-0.4, -0.2) is 43.3 Å². The molecule has 0 spiro atoms. The first-order valence-electron chi connectivity index (χ1n) is 9.61. The Morgan fingerprint density at radius 1 is 1.07 bits per heavy atom. The monoisotopic (exact) mass is 450 g/mol. The lowest BCUT2D eigenvalue weighted by atomic mass is 10.1. The molecule has 1 aliphatic heterocycles. The van der Waals surface area contributed by atoms with Gasteiger partial charge in [-0.25, -0.2) is 12.8 Å². The molecule has 1 fully saturated rings. The van der Waals surface area contributed by atoms with Crippen LogP contribution in [0, 0.1) is 5.82 Å². The molecule has 0 saturated carbocycles. The maximum absolute atomic E-state index is 14.0. The van der Waals surface area contributed by atoms with Crippen LogP contribution in [0.4, 0.5) is 10.1 Å². The zero-order chi connectivity index (χ0) is 21.7. The van der Waals surface area contributed by atoms with E-state index in [1.165, 1.54) is 35.5 Å². The molecule has 1 saturated heterocycles. The third-order valence-electron chi connectivity index (χ3n) is 4.79. The van der Waals surface area contributed by atoms with Gasteiger partial charge in [0.2, 0.25) is 15.9 Å². The van der Waals surface area contributed by atoms with Gasteiger partial charge in [0, 0.05) is 29.2 Å². The van der Waals surface area contributed by atoms with Crippen molar-refractivity contribution in [3.63, 3.8) is 0 Å². The number of nitrogens with one attached hydrogen (secondary N) is 1. The van der Waals surface area contributed by atoms with Crippen molar-refractivity contribution in [2.24, 2.45) is 0 Å². The molecule has 0 bridgehead atoms. The highest BCUT2D eigenvalue weighted by molar-refractivity contribution is 8.00. The van der Waals surface area contributed by atoms with Crippen molar-refractivity contribution < 1.29 is 22.4 Å². The number of sulfonamides is 1. The Morgan fingerprint density at radius 3 is 2.33 bits per heavy atom. The number of benzene rings is 2. The van der Waals surface area contributed by atoms with Crippen LogP contribution in [0.1, 0.15) is 36.5 Å². The fourth-order valence-electron chi connectivity index (χ4n) is 3.14. The largest absolute Gasteiger partial charge is 0.325 e. The SMILES string of the molecule is CC(=O)c1ccc(SCC(=O)Nc2ccc(S(=O)(=O)N3CCCCC3)cc2)c(F)c1. The number of carbonyl (C=O) groups excluding carboxylic acids is 2. The second-order valence-electron chi connectivity index (χ2n) is 7.03. The molecular weight excluding hydrogens is 427 g/mol. The van der Waals surface area contributed by atoms with Gasteiger partial charge in [-0.15, -0.1) is 11.8 Å². The zero-order valence-electron chi connectivity index (χ0n) is 16.6. The number of Topliss-reactive ketones (excluding diaryl/α,β-unsaturated/α-hetero) is 1. The molecule has 2 aromatic rings. The average molecular weight is 451 g/mol. The van der Waals surface area contributed by atoms with Crippen LogP contribution in [0.5, 0.6) is 0 Å². The number of amides is 1. The lowest BCUT2D eigenvalue weighted by Gasteiger charge is -2.25. The highest BCUT2D eigenvalue weighted by atomic mass is 32.2. The van der Waals surface area contributed by atoms with Gasteiger partial charge < -0.3 is 5.32 Å². The summed E-state index contributed by atoms with van der Waals surface area (Å²) in [4.78, 5) is 23.9. The summed E-state index contributed by atoms with van der Waals surface area (Å²) in [5, 5.41) is 2.67. The Morgan fingerprint density at radius 2 is 1.73 bits per heavy atom. The second-order valence-corrected chi connectivity index (χ2v) is 9.98. The van der Waals surface area contributed by atoms with Crippen LogP contribution in [0.15, 0.2) is 52.3 Å². The normalized spacial score (nSPS) is 15.0. The van der Waals surface area contributed by atoms with Crippen molar-refractivity contribution in [3.8, 4) is 0 Å². The minimum atomic E-state index is -3.52. The van der Waals surface area contributed by atoms with E-state index in [0.717, 1.165) is 37.1 Å². The van der Waals surface area contributed by atoms with Gasteiger partial charge in [0.05, 0.1) is 10.6 Å². The summed E-state index contributed by atoms with van der Waals surface area (Å²) in [6.07, 6.45) is 2.77. The van der Waals surface area contributed by atoms with E-state index in [9.17, 15) is 22.4 Å². The van der Waals surface area contributed by atoms with Gasteiger partial charge in [-0.3, -0.25) is 9.59 Å². The molecule has 1 aliphatic rings. The van der Waals surface area contributed by atoms with E-state index in [0.29, 0.717) is 18.8 Å². The van der Waals surface area contributed by atoms with E-state index in [4.69, 9.17) is 0 Å². The maximum atomic E-state index is 14.0. The molecule has 1 heterocycles. The summed E-state index contributed by atoms with van der Waals surface area (Å²) in [6.45, 7) is 2.42. The van der Waals surface area contributed by atoms with Crippen LogP contribution >= 0.6 is 11.8 Å². The Labute approximate surface area is 179 Å². The van der Waals surface area contributed by atoms with E-state index in [1.807, 2.05) is 0 Å². The van der Waals surface area contributed by atoms with Crippen LogP contribution in [-0.2, 0) is 14.8 Å². The third-order valence-corrected chi connectivity index (χ3v) is 7.75. The highest BCUT2D eigenvalue weighted by Crippen LogP contribution is 2.24.